The van der Waals surface area contributed by atoms with Crippen LogP contribution in [-0.4, -0.2) is 37.4 Å². The van der Waals surface area contributed by atoms with Gasteiger partial charge < -0.3 is 14.8 Å². The predicted octanol–water partition coefficient (Wildman–Crippen LogP) is 1.98. The number of hydrogen-bond donors (Lipinski definition) is 1. The molecule has 108 valence electrons. The number of benzene rings is 1. The second-order valence-electron chi connectivity index (χ2n) is 3.77. The Bertz CT molecular complexity index is 495. The minimum Gasteiger partial charge on any atom is -0.465 e. The molecule has 1 aromatic rings. The quantitative estimate of drug-likeness (QED) is 0.653. The molecular formula is C13H14BrNO5. The third kappa shape index (κ3) is 4.34. The number of carbonyl (C=O) groups excluding carboxylic acids is 3. The van der Waals surface area contributed by atoms with Crippen molar-refractivity contribution in [2.45, 2.75) is 6.42 Å². The third-order valence-electron chi connectivity index (χ3n) is 2.38. The Morgan fingerprint density at radius 2 is 1.55 bits per heavy atom. The maximum absolute atomic E-state index is 11.5. The van der Waals surface area contributed by atoms with Gasteiger partial charge in [-0.3, -0.25) is 4.79 Å². The number of alkyl halides is 1. The number of rotatable bonds is 5. The van der Waals surface area contributed by atoms with E-state index in [2.05, 4.69) is 30.7 Å². The van der Waals surface area contributed by atoms with Crippen LogP contribution in [0, 0.1) is 0 Å². The van der Waals surface area contributed by atoms with E-state index >= 15 is 0 Å². The van der Waals surface area contributed by atoms with Gasteiger partial charge in [-0.1, -0.05) is 15.9 Å². The molecule has 0 heterocycles. The van der Waals surface area contributed by atoms with Gasteiger partial charge in [-0.05, 0) is 18.2 Å². The summed E-state index contributed by atoms with van der Waals surface area (Å²) in [6.45, 7) is 0. The fourth-order valence-electron chi connectivity index (χ4n) is 1.48. The van der Waals surface area contributed by atoms with Gasteiger partial charge in [0.25, 0.3) is 0 Å². The predicted molar refractivity (Wildman–Crippen MR) is 76.2 cm³/mol. The molecule has 1 N–H and O–H groups in total. The average molecular weight is 344 g/mol. The Kier molecular flexibility index (Phi) is 6.17. The average Bonchev–Trinajstić information content (AvgIpc) is 2.45. The van der Waals surface area contributed by atoms with Crippen LogP contribution in [0.2, 0.25) is 0 Å². The lowest BCUT2D eigenvalue weighted by atomic mass is 10.1. The van der Waals surface area contributed by atoms with Crippen molar-refractivity contribution in [3.05, 3.63) is 29.3 Å². The van der Waals surface area contributed by atoms with E-state index in [1.54, 1.807) is 0 Å². The van der Waals surface area contributed by atoms with Gasteiger partial charge in [0.1, 0.15) is 0 Å². The first-order valence-corrected chi connectivity index (χ1v) is 6.81. The van der Waals surface area contributed by atoms with Gasteiger partial charge in [0.15, 0.2) is 0 Å². The standard InChI is InChI=1S/C13H14BrNO5/c1-19-12(17)8-5-9(13(18)20-2)7-10(6-8)15-11(16)3-4-14/h5-7H,3-4H2,1-2H3,(H,15,16). The van der Waals surface area contributed by atoms with Crippen LogP contribution in [0.5, 0.6) is 0 Å². The number of hydrogen-bond acceptors (Lipinski definition) is 5. The van der Waals surface area contributed by atoms with Crippen LogP contribution >= 0.6 is 15.9 Å². The van der Waals surface area contributed by atoms with Crippen molar-refractivity contribution >= 4 is 39.5 Å². The Hall–Kier alpha value is -1.89. The number of nitrogens with one attached hydrogen (secondary N) is 1. The molecule has 0 unspecified atom stereocenters. The monoisotopic (exact) mass is 343 g/mol. The molecule has 7 heteroatoms. The fraction of sp³-hybridized carbons (Fsp3) is 0.308. The second kappa shape index (κ2) is 7.64. The summed E-state index contributed by atoms with van der Waals surface area (Å²) in [6.07, 6.45) is 0.274. The maximum atomic E-state index is 11.5. The molecule has 20 heavy (non-hydrogen) atoms. The van der Waals surface area contributed by atoms with Crippen molar-refractivity contribution in [2.75, 3.05) is 24.9 Å². The first-order chi connectivity index (χ1) is 9.51. The number of anilines is 1. The summed E-state index contributed by atoms with van der Waals surface area (Å²) in [5, 5.41) is 3.11. The molecule has 1 amide bonds. The molecule has 1 aromatic carbocycles. The summed E-state index contributed by atoms with van der Waals surface area (Å²) >= 11 is 3.15. The number of carbonyl (C=O) groups is 3. The topological polar surface area (TPSA) is 81.7 Å². The molecule has 0 saturated carbocycles. The van der Waals surface area contributed by atoms with Crippen LogP contribution in [0.15, 0.2) is 18.2 Å². The molecule has 0 spiro atoms. The molecular weight excluding hydrogens is 330 g/mol. The molecule has 0 fully saturated rings. The van der Waals surface area contributed by atoms with E-state index in [1.165, 1.54) is 32.4 Å². The van der Waals surface area contributed by atoms with Crippen molar-refractivity contribution in [1.29, 1.82) is 0 Å². The highest BCUT2D eigenvalue weighted by atomic mass is 79.9. The molecule has 0 aliphatic carbocycles. The Balaban J connectivity index is 3.12. The molecule has 1 rings (SSSR count). The van der Waals surface area contributed by atoms with E-state index in [-0.39, 0.29) is 23.5 Å². The number of methoxy groups -OCH3 is 2. The summed E-state index contributed by atoms with van der Waals surface area (Å²) in [5.74, 6) is -1.45. The molecule has 6 nitrogen and oxygen atoms in total. The Morgan fingerprint density at radius 3 is 1.95 bits per heavy atom. The van der Waals surface area contributed by atoms with E-state index in [9.17, 15) is 14.4 Å². The lowest BCUT2D eigenvalue weighted by Gasteiger charge is -2.09. The smallest absolute Gasteiger partial charge is 0.337 e. The summed E-state index contributed by atoms with van der Waals surface area (Å²) in [5.41, 5.74) is 0.647. The Labute approximate surface area is 124 Å². The van der Waals surface area contributed by atoms with Crippen LogP contribution < -0.4 is 5.32 Å². The lowest BCUT2D eigenvalue weighted by Crippen LogP contribution is -2.14. The van der Waals surface area contributed by atoms with Crippen LogP contribution in [0.3, 0.4) is 0 Å². The van der Waals surface area contributed by atoms with Gasteiger partial charge in [-0.15, -0.1) is 0 Å². The first kappa shape index (κ1) is 16.2. The second-order valence-corrected chi connectivity index (χ2v) is 4.56. The van der Waals surface area contributed by atoms with Gasteiger partial charge in [0.2, 0.25) is 5.91 Å². The van der Waals surface area contributed by atoms with Gasteiger partial charge in [-0.25, -0.2) is 9.59 Å². The molecule has 0 radical (unpaired) electrons. The third-order valence-corrected chi connectivity index (χ3v) is 2.78. The number of esters is 2. The normalized spacial score (nSPS) is 9.75. The highest BCUT2D eigenvalue weighted by Gasteiger charge is 2.14. The minimum absolute atomic E-state index is 0.157. The first-order valence-electron chi connectivity index (χ1n) is 5.69. The van der Waals surface area contributed by atoms with Crippen molar-refractivity contribution in [2.24, 2.45) is 0 Å². The van der Waals surface area contributed by atoms with Crippen molar-refractivity contribution in [1.82, 2.24) is 0 Å². The summed E-state index contributed by atoms with van der Waals surface area (Å²) in [6, 6.07) is 4.21. The van der Waals surface area contributed by atoms with E-state index in [0.29, 0.717) is 11.0 Å². The van der Waals surface area contributed by atoms with Crippen LogP contribution in [0.1, 0.15) is 27.1 Å². The van der Waals surface area contributed by atoms with Crippen LogP contribution in [0.25, 0.3) is 0 Å². The number of amides is 1. The lowest BCUT2D eigenvalue weighted by molar-refractivity contribution is -0.115. The van der Waals surface area contributed by atoms with E-state index < -0.39 is 11.9 Å². The van der Waals surface area contributed by atoms with Crippen molar-refractivity contribution in [3.63, 3.8) is 0 Å². The molecule has 0 atom stereocenters. The van der Waals surface area contributed by atoms with E-state index in [1.807, 2.05) is 0 Å². The zero-order valence-corrected chi connectivity index (χ0v) is 12.7. The molecule has 0 aromatic heterocycles. The maximum Gasteiger partial charge on any atom is 0.337 e. The molecule has 0 aliphatic rings. The van der Waals surface area contributed by atoms with Gasteiger partial charge in [0.05, 0.1) is 25.3 Å². The minimum atomic E-state index is -0.605. The highest BCUT2D eigenvalue weighted by molar-refractivity contribution is 9.09. The van der Waals surface area contributed by atoms with Crippen molar-refractivity contribution in [3.8, 4) is 0 Å². The molecule has 0 bridgehead atoms. The zero-order chi connectivity index (χ0) is 15.1. The van der Waals surface area contributed by atoms with Crippen molar-refractivity contribution < 1.29 is 23.9 Å². The largest absolute Gasteiger partial charge is 0.465 e. The van der Waals surface area contributed by atoms with Crippen LogP contribution in [-0.2, 0) is 14.3 Å². The summed E-state index contributed by atoms with van der Waals surface area (Å²) in [4.78, 5) is 34.6. The summed E-state index contributed by atoms with van der Waals surface area (Å²) < 4.78 is 9.20. The number of ether oxygens (including phenoxy) is 2. The van der Waals surface area contributed by atoms with E-state index in [0.717, 1.165) is 0 Å². The number of halogens is 1. The fourth-order valence-corrected chi connectivity index (χ4v) is 1.84. The van der Waals surface area contributed by atoms with Gasteiger partial charge in [0, 0.05) is 17.4 Å². The molecule has 0 aliphatic heterocycles. The van der Waals surface area contributed by atoms with Crippen LogP contribution in [0.4, 0.5) is 5.69 Å². The Morgan fingerprint density at radius 1 is 1.05 bits per heavy atom. The zero-order valence-electron chi connectivity index (χ0n) is 11.1. The summed E-state index contributed by atoms with van der Waals surface area (Å²) in [7, 11) is 2.46. The van der Waals surface area contributed by atoms with Gasteiger partial charge >= 0.3 is 11.9 Å². The molecule has 0 saturated heterocycles. The SMILES string of the molecule is COC(=O)c1cc(NC(=O)CCBr)cc(C(=O)OC)c1. The van der Waals surface area contributed by atoms with E-state index in [4.69, 9.17) is 0 Å². The highest BCUT2D eigenvalue weighted by Crippen LogP contribution is 2.17. The van der Waals surface area contributed by atoms with Gasteiger partial charge in [-0.2, -0.15) is 0 Å².